The van der Waals surface area contributed by atoms with Crippen molar-refractivity contribution < 1.29 is 14.3 Å². The van der Waals surface area contributed by atoms with Crippen molar-refractivity contribution in [2.24, 2.45) is 0 Å². The normalized spacial score (nSPS) is 14.4. The third-order valence-corrected chi connectivity index (χ3v) is 7.57. The van der Waals surface area contributed by atoms with Gasteiger partial charge in [-0.05, 0) is 60.9 Å². The van der Waals surface area contributed by atoms with Crippen molar-refractivity contribution in [3.8, 4) is 0 Å². The lowest BCUT2D eigenvalue weighted by atomic mass is 9.94. The first-order valence-corrected chi connectivity index (χ1v) is 13.6. The lowest BCUT2D eigenvalue weighted by Gasteiger charge is -2.28. The molecule has 10 heteroatoms. The second-order valence-corrected chi connectivity index (χ2v) is 10.4. The number of anilines is 2. The molecule has 0 bridgehead atoms. The molecule has 39 heavy (non-hydrogen) atoms. The van der Waals surface area contributed by atoms with E-state index in [1.54, 1.807) is 28.9 Å². The Morgan fingerprint density at radius 1 is 1.08 bits per heavy atom. The van der Waals surface area contributed by atoms with E-state index in [9.17, 15) is 9.59 Å². The topological polar surface area (TPSA) is 98.1 Å². The van der Waals surface area contributed by atoms with Gasteiger partial charge < -0.3 is 15.4 Å². The molecule has 1 unspecified atom stereocenters. The lowest BCUT2D eigenvalue weighted by molar-refractivity contribution is -0.113. The number of nitrogens with one attached hydrogen (secondary N) is 2. The van der Waals surface area contributed by atoms with Crippen LogP contribution in [0.3, 0.4) is 0 Å². The molecule has 2 heterocycles. The second kappa shape index (κ2) is 11.3. The SMILES string of the molecule is COC(=O)c1ccc(C2C(C(=O)Nc3cccc(C)c3)=C(C)Nc3nc(SCc4ccccc4Cl)nn32)cc1. The Hall–Kier alpha value is -4.08. The van der Waals surface area contributed by atoms with Crippen LogP contribution in [0.25, 0.3) is 0 Å². The van der Waals surface area contributed by atoms with Crippen LogP contribution in [0.4, 0.5) is 11.6 Å². The van der Waals surface area contributed by atoms with E-state index in [4.69, 9.17) is 26.4 Å². The summed E-state index contributed by atoms with van der Waals surface area (Å²) in [6.45, 7) is 3.81. The molecule has 0 spiro atoms. The fourth-order valence-corrected chi connectivity index (χ4v) is 5.51. The highest BCUT2D eigenvalue weighted by atomic mass is 35.5. The van der Waals surface area contributed by atoms with Crippen molar-refractivity contribution in [2.45, 2.75) is 30.8 Å². The molecular weight excluding hydrogens is 534 g/mol. The number of carbonyl (C=O) groups excluding carboxylic acids is 2. The van der Waals surface area contributed by atoms with Crippen molar-refractivity contribution >= 4 is 46.9 Å². The molecule has 5 rings (SSSR count). The lowest BCUT2D eigenvalue weighted by Crippen LogP contribution is -2.31. The van der Waals surface area contributed by atoms with Gasteiger partial charge >= 0.3 is 5.97 Å². The Morgan fingerprint density at radius 2 is 1.85 bits per heavy atom. The van der Waals surface area contributed by atoms with Crippen LogP contribution in [0.5, 0.6) is 0 Å². The average Bonchev–Trinajstić information content (AvgIpc) is 3.33. The fourth-order valence-electron chi connectivity index (χ4n) is 4.39. The summed E-state index contributed by atoms with van der Waals surface area (Å²) in [7, 11) is 1.34. The Kier molecular flexibility index (Phi) is 7.72. The number of rotatable bonds is 7. The maximum absolute atomic E-state index is 13.7. The molecule has 0 fully saturated rings. The number of fused-ring (bicyclic) bond motifs is 1. The molecule has 1 atom stereocenters. The first-order valence-electron chi connectivity index (χ1n) is 12.2. The van der Waals surface area contributed by atoms with E-state index in [-0.39, 0.29) is 5.91 Å². The van der Waals surface area contributed by atoms with Gasteiger partial charge in [-0.15, -0.1) is 5.10 Å². The summed E-state index contributed by atoms with van der Waals surface area (Å²) in [5.41, 5.74) is 5.04. The van der Waals surface area contributed by atoms with Gasteiger partial charge in [0.05, 0.1) is 18.2 Å². The number of esters is 1. The number of hydrogen-bond acceptors (Lipinski definition) is 7. The van der Waals surface area contributed by atoms with E-state index in [1.807, 2.05) is 62.4 Å². The third-order valence-electron chi connectivity index (χ3n) is 6.32. The summed E-state index contributed by atoms with van der Waals surface area (Å²) in [6, 6.07) is 21.7. The van der Waals surface area contributed by atoms with Crippen LogP contribution >= 0.6 is 23.4 Å². The van der Waals surface area contributed by atoms with Crippen LogP contribution in [0.15, 0.2) is 89.2 Å². The minimum atomic E-state index is -0.583. The number of amides is 1. The highest BCUT2D eigenvalue weighted by molar-refractivity contribution is 7.98. The van der Waals surface area contributed by atoms with E-state index in [0.717, 1.165) is 16.7 Å². The van der Waals surface area contributed by atoms with Crippen molar-refractivity contribution in [3.63, 3.8) is 0 Å². The van der Waals surface area contributed by atoms with Gasteiger partial charge in [0.1, 0.15) is 6.04 Å². The number of carbonyl (C=O) groups is 2. The molecule has 3 aromatic carbocycles. The molecule has 1 amide bonds. The van der Waals surface area contributed by atoms with Crippen molar-refractivity contribution in [1.29, 1.82) is 0 Å². The van der Waals surface area contributed by atoms with Gasteiger partial charge in [0, 0.05) is 22.2 Å². The summed E-state index contributed by atoms with van der Waals surface area (Å²) in [5.74, 6) is 0.410. The van der Waals surface area contributed by atoms with Crippen molar-refractivity contribution in [2.75, 3.05) is 17.7 Å². The monoisotopic (exact) mass is 559 g/mol. The van der Waals surface area contributed by atoms with Gasteiger partial charge in [0.25, 0.3) is 5.91 Å². The number of nitrogens with zero attached hydrogens (tertiary/aromatic N) is 3. The molecule has 1 aliphatic rings. The van der Waals surface area contributed by atoms with Crippen LogP contribution in [0, 0.1) is 6.92 Å². The average molecular weight is 560 g/mol. The third kappa shape index (κ3) is 5.69. The molecule has 8 nitrogen and oxygen atoms in total. The minimum absolute atomic E-state index is 0.265. The Labute approximate surface area is 235 Å². The van der Waals surface area contributed by atoms with E-state index in [1.165, 1.54) is 18.9 Å². The van der Waals surface area contributed by atoms with Gasteiger partial charge in [0.15, 0.2) is 0 Å². The molecule has 0 saturated heterocycles. The molecule has 1 aromatic heterocycles. The van der Waals surface area contributed by atoms with Crippen LogP contribution in [-0.4, -0.2) is 33.8 Å². The summed E-state index contributed by atoms with van der Waals surface area (Å²) in [4.78, 5) is 30.4. The largest absolute Gasteiger partial charge is 0.465 e. The predicted molar refractivity (Wildman–Crippen MR) is 153 cm³/mol. The maximum atomic E-state index is 13.7. The fraction of sp³-hybridized carbons (Fsp3) is 0.172. The highest BCUT2D eigenvalue weighted by Crippen LogP contribution is 2.37. The molecular formula is C29H26ClN5O3S. The molecule has 2 N–H and O–H groups in total. The quantitative estimate of drug-likeness (QED) is 0.204. The van der Waals surface area contributed by atoms with Crippen LogP contribution in [0.1, 0.15) is 40.0 Å². The van der Waals surface area contributed by atoms with Gasteiger partial charge in [-0.2, -0.15) is 4.98 Å². The van der Waals surface area contributed by atoms with Gasteiger partial charge in [0.2, 0.25) is 11.1 Å². The van der Waals surface area contributed by atoms with Crippen LogP contribution < -0.4 is 10.6 Å². The van der Waals surface area contributed by atoms with Gasteiger partial charge in [-0.25, -0.2) is 9.48 Å². The zero-order chi connectivity index (χ0) is 27.5. The summed E-state index contributed by atoms with van der Waals surface area (Å²) in [5, 5.41) is 12.3. The zero-order valence-electron chi connectivity index (χ0n) is 21.6. The number of allylic oxidation sites excluding steroid dienone is 1. The zero-order valence-corrected chi connectivity index (χ0v) is 23.1. The Morgan fingerprint density at radius 3 is 2.56 bits per heavy atom. The van der Waals surface area contributed by atoms with Crippen LogP contribution in [-0.2, 0) is 15.3 Å². The first kappa shape index (κ1) is 26.5. The van der Waals surface area contributed by atoms with E-state index >= 15 is 0 Å². The van der Waals surface area contributed by atoms with Gasteiger partial charge in [-0.3, -0.25) is 4.79 Å². The maximum Gasteiger partial charge on any atom is 0.337 e. The van der Waals surface area contributed by atoms with Crippen molar-refractivity contribution in [1.82, 2.24) is 14.8 Å². The van der Waals surface area contributed by atoms with E-state index in [0.29, 0.717) is 44.4 Å². The van der Waals surface area contributed by atoms with Crippen LogP contribution in [0.2, 0.25) is 5.02 Å². The molecule has 1 aliphatic heterocycles. The molecule has 0 saturated carbocycles. The number of methoxy groups -OCH3 is 1. The first-order chi connectivity index (χ1) is 18.8. The number of benzene rings is 3. The number of aromatic nitrogens is 3. The number of hydrogen-bond donors (Lipinski definition) is 2. The molecule has 4 aromatic rings. The molecule has 198 valence electrons. The second-order valence-electron chi connectivity index (χ2n) is 9.05. The number of thioether (sulfide) groups is 1. The number of aryl methyl sites for hydroxylation is 1. The highest BCUT2D eigenvalue weighted by Gasteiger charge is 2.34. The smallest absolute Gasteiger partial charge is 0.337 e. The van der Waals surface area contributed by atoms with E-state index < -0.39 is 12.0 Å². The summed E-state index contributed by atoms with van der Waals surface area (Å²) in [6.07, 6.45) is 0. The Balaban J connectivity index is 1.51. The summed E-state index contributed by atoms with van der Waals surface area (Å²) < 4.78 is 6.55. The standard InChI is InChI=1S/C29H26ClN5O3S/c1-17-7-6-9-22(15-17)32-26(36)24-18(2)31-28-33-29(39-16-21-8-4-5-10-23(21)30)34-35(28)25(24)19-11-13-20(14-12-19)27(37)38-3/h4-15,25H,16H2,1-3H3,(H,32,36)(H,31,33,34). The summed E-state index contributed by atoms with van der Waals surface area (Å²) >= 11 is 7.79. The number of halogens is 1. The molecule has 0 radical (unpaired) electrons. The minimum Gasteiger partial charge on any atom is -0.465 e. The molecule has 0 aliphatic carbocycles. The predicted octanol–water partition coefficient (Wildman–Crippen LogP) is 6.25. The van der Waals surface area contributed by atoms with Crippen molar-refractivity contribution in [3.05, 3.63) is 111 Å². The van der Waals surface area contributed by atoms with E-state index in [2.05, 4.69) is 10.6 Å². The van der Waals surface area contributed by atoms with Gasteiger partial charge in [-0.1, -0.05) is 65.8 Å². The Bertz CT molecular complexity index is 1580. The number of ether oxygens (including phenoxy) is 1.